The molecule has 2 aromatic carbocycles. The predicted molar refractivity (Wildman–Crippen MR) is 122 cm³/mol. The van der Waals surface area contributed by atoms with Crippen LogP contribution in [0, 0.1) is 5.92 Å². The summed E-state index contributed by atoms with van der Waals surface area (Å²) in [4.78, 5) is 32.4. The predicted octanol–water partition coefficient (Wildman–Crippen LogP) is 3.86. The summed E-state index contributed by atoms with van der Waals surface area (Å²) < 4.78 is 2.05. The number of urea groups is 1. The summed E-state index contributed by atoms with van der Waals surface area (Å²) in [7, 11) is 0. The topological polar surface area (TPSA) is 79.3 Å². The number of anilines is 1. The van der Waals surface area contributed by atoms with E-state index in [9.17, 15) is 9.59 Å². The maximum Gasteiger partial charge on any atom is 0.324 e. The van der Waals surface area contributed by atoms with Crippen molar-refractivity contribution in [1.29, 1.82) is 0 Å². The first-order chi connectivity index (χ1) is 14.9. The van der Waals surface area contributed by atoms with E-state index in [0.29, 0.717) is 25.5 Å². The van der Waals surface area contributed by atoms with Gasteiger partial charge in [-0.1, -0.05) is 56.3 Å². The molecule has 7 nitrogen and oxygen atoms in total. The molecule has 162 valence electrons. The van der Waals surface area contributed by atoms with Crippen molar-refractivity contribution < 1.29 is 9.59 Å². The molecule has 7 heteroatoms. The van der Waals surface area contributed by atoms with Gasteiger partial charge in [-0.05, 0) is 37.0 Å². The molecule has 0 saturated heterocycles. The highest BCUT2D eigenvalue weighted by Gasteiger charge is 2.31. The van der Waals surface area contributed by atoms with Crippen LogP contribution >= 0.6 is 0 Å². The van der Waals surface area contributed by atoms with Gasteiger partial charge < -0.3 is 15.2 Å². The van der Waals surface area contributed by atoms with Gasteiger partial charge in [0.2, 0.25) is 11.9 Å². The van der Waals surface area contributed by atoms with Crippen molar-refractivity contribution in [2.75, 3.05) is 11.4 Å². The summed E-state index contributed by atoms with van der Waals surface area (Å²) in [5, 5.41) is 6.00. The molecule has 0 spiro atoms. The standard InChI is InChI=1S/C24H29N5O2/c1-16(2)15-20(22(30)25-17(3)18-9-5-4-6-10-18)27-24(31)29-14-13-28-21-12-8-7-11-19(21)26-23(28)29/h4-12,16-17,20H,13-15H2,1-3H3,(H,25,30)(H,27,31)/t17-,20+/m1/s1. The number of benzene rings is 2. The molecule has 0 fully saturated rings. The van der Waals surface area contributed by atoms with Gasteiger partial charge in [0.15, 0.2) is 0 Å². The van der Waals surface area contributed by atoms with Crippen LogP contribution in [0.15, 0.2) is 54.6 Å². The zero-order valence-corrected chi connectivity index (χ0v) is 18.2. The largest absolute Gasteiger partial charge is 0.348 e. The lowest BCUT2D eigenvalue weighted by Crippen LogP contribution is -2.52. The van der Waals surface area contributed by atoms with Gasteiger partial charge in [-0.25, -0.2) is 9.78 Å². The molecule has 4 rings (SSSR count). The summed E-state index contributed by atoms with van der Waals surface area (Å²) in [5.74, 6) is 0.706. The minimum absolute atomic E-state index is 0.142. The van der Waals surface area contributed by atoms with Gasteiger partial charge >= 0.3 is 6.03 Å². The van der Waals surface area contributed by atoms with Crippen molar-refractivity contribution in [3.63, 3.8) is 0 Å². The molecular formula is C24H29N5O2. The van der Waals surface area contributed by atoms with Gasteiger partial charge in [0.25, 0.3) is 0 Å². The van der Waals surface area contributed by atoms with Crippen LogP contribution in [0.1, 0.15) is 38.8 Å². The van der Waals surface area contributed by atoms with Gasteiger partial charge in [0, 0.05) is 13.1 Å². The SMILES string of the molecule is CC(C)C[C@H](NC(=O)N1CCn2c1nc1ccccc12)C(=O)N[C@H](C)c1ccccc1. The molecule has 1 aliphatic rings. The van der Waals surface area contributed by atoms with E-state index in [2.05, 4.69) is 15.6 Å². The second kappa shape index (κ2) is 8.79. The molecule has 1 aromatic heterocycles. The van der Waals surface area contributed by atoms with Crippen molar-refractivity contribution in [2.45, 2.75) is 45.8 Å². The van der Waals surface area contributed by atoms with Crippen LogP contribution in [0.3, 0.4) is 0 Å². The summed E-state index contributed by atoms with van der Waals surface area (Å²) in [6.45, 7) is 7.26. The highest BCUT2D eigenvalue weighted by molar-refractivity contribution is 5.96. The number of nitrogens with one attached hydrogen (secondary N) is 2. The minimum Gasteiger partial charge on any atom is -0.348 e. The van der Waals surface area contributed by atoms with Gasteiger partial charge in [-0.15, -0.1) is 0 Å². The molecule has 2 heterocycles. The fourth-order valence-corrected chi connectivity index (χ4v) is 4.05. The third-order valence-electron chi connectivity index (χ3n) is 5.65. The Morgan fingerprint density at radius 1 is 0.968 bits per heavy atom. The highest BCUT2D eigenvalue weighted by Crippen LogP contribution is 2.27. The van der Waals surface area contributed by atoms with Crippen LogP contribution in [-0.2, 0) is 11.3 Å². The third-order valence-corrected chi connectivity index (χ3v) is 5.65. The molecule has 1 aliphatic heterocycles. The van der Waals surface area contributed by atoms with Crippen molar-refractivity contribution in [2.24, 2.45) is 5.92 Å². The van der Waals surface area contributed by atoms with Gasteiger partial charge in [0.1, 0.15) is 6.04 Å². The molecule has 0 unspecified atom stereocenters. The van der Waals surface area contributed by atoms with Crippen molar-refractivity contribution in [3.05, 3.63) is 60.2 Å². The molecule has 0 radical (unpaired) electrons. The van der Waals surface area contributed by atoms with Crippen LogP contribution in [0.2, 0.25) is 0 Å². The van der Waals surface area contributed by atoms with Crippen molar-refractivity contribution in [3.8, 4) is 0 Å². The van der Waals surface area contributed by atoms with E-state index in [1.54, 1.807) is 4.90 Å². The van der Waals surface area contributed by atoms with Crippen molar-refractivity contribution >= 4 is 28.9 Å². The van der Waals surface area contributed by atoms with Crippen LogP contribution in [0.25, 0.3) is 11.0 Å². The number of carbonyl (C=O) groups excluding carboxylic acids is 2. The van der Waals surface area contributed by atoms with Crippen molar-refractivity contribution in [1.82, 2.24) is 20.2 Å². The first-order valence-electron chi connectivity index (χ1n) is 10.8. The van der Waals surface area contributed by atoms with Crippen LogP contribution in [0.4, 0.5) is 10.7 Å². The Bertz CT molecular complexity index is 1080. The van der Waals surface area contributed by atoms with E-state index in [-0.39, 0.29) is 23.9 Å². The Hall–Kier alpha value is -3.35. The smallest absolute Gasteiger partial charge is 0.324 e. The number of nitrogens with zero attached hydrogens (tertiary/aromatic N) is 3. The second-order valence-electron chi connectivity index (χ2n) is 8.48. The minimum atomic E-state index is -0.614. The van der Waals surface area contributed by atoms with E-state index in [1.807, 2.05) is 79.9 Å². The first-order valence-corrected chi connectivity index (χ1v) is 10.8. The third kappa shape index (κ3) is 4.40. The number of hydrogen-bond donors (Lipinski definition) is 2. The van der Waals surface area contributed by atoms with Gasteiger partial charge in [-0.2, -0.15) is 0 Å². The lowest BCUT2D eigenvalue weighted by Gasteiger charge is -2.25. The number of para-hydroxylation sites is 2. The highest BCUT2D eigenvalue weighted by atomic mass is 16.2. The van der Waals surface area contributed by atoms with Gasteiger partial charge in [0.05, 0.1) is 17.1 Å². The number of amides is 3. The van der Waals surface area contributed by atoms with Crippen LogP contribution in [-0.4, -0.2) is 34.1 Å². The van der Waals surface area contributed by atoms with E-state index < -0.39 is 6.04 Å². The molecule has 3 aromatic rings. The number of hydrogen-bond acceptors (Lipinski definition) is 3. The maximum atomic E-state index is 13.1. The Morgan fingerprint density at radius 3 is 2.42 bits per heavy atom. The Labute approximate surface area is 182 Å². The molecule has 3 amide bonds. The Balaban J connectivity index is 1.48. The van der Waals surface area contributed by atoms with E-state index in [4.69, 9.17) is 0 Å². The van der Waals surface area contributed by atoms with Crippen LogP contribution < -0.4 is 15.5 Å². The second-order valence-corrected chi connectivity index (χ2v) is 8.48. The average molecular weight is 420 g/mol. The van der Waals surface area contributed by atoms with Gasteiger partial charge in [-0.3, -0.25) is 9.69 Å². The summed E-state index contributed by atoms with van der Waals surface area (Å²) >= 11 is 0. The zero-order valence-electron chi connectivity index (χ0n) is 18.2. The van der Waals surface area contributed by atoms with E-state index in [1.165, 1.54) is 0 Å². The summed E-state index contributed by atoms with van der Waals surface area (Å²) in [5.41, 5.74) is 2.91. The lowest BCUT2D eigenvalue weighted by atomic mass is 10.0. The maximum absolute atomic E-state index is 13.1. The molecule has 2 N–H and O–H groups in total. The molecule has 0 bridgehead atoms. The monoisotopic (exact) mass is 419 g/mol. The normalized spacial score (nSPS) is 15.0. The van der Waals surface area contributed by atoms with E-state index >= 15 is 0 Å². The Kier molecular flexibility index (Phi) is 5.93. The molecule has 0 aliphatic carbocycles. The quantitative estimate of drug-likeness (QED) is 0.637. The zero-order chi connectivity index (χ0) is 22.0. The summed E-state index contributed by atoms with van der Waals surface area (Å²) in [6, 6.07) is 16.6. The number of aromatic nitrogens is 2. The number of fused-ring (bicyclic) bond motifs is 3. The lowest BCUT2D eigenvalue weighted by molar-refractivity contribution is -0.123. The fourth-order valence-electron chi connectivity index (χ4n) is 4.05. The average Bonchev–Trinajstić information content (AvgIpc) is 3.32. The number of carbonyl (C=O) groups is 2. The summed E-state index contributed by atoms with van der Waals surface area (Å²) in [6.07, 6.45) is 0.559. The number of imidazole rings is 1. The molecule has 31 heavy (non-hydrogen) atoms. The Morgan fingerprint density at radius 2 is 1.68 bits per heavy atom. The molecule has 2 atom stereocenters. The molecular weight excluding hydrogens is 390 g/mol. The fraction of sp³-hybridized carbons (Fsp3) is 0.375. The first kappa shape index (κ1) is 20.9. The molecule has 0 saturated carbocycles. The van der Waals surface area contributed by atoms with E-state index in [0.717, 1.165) is 16.6 Å². The number of rotatable bonds is 6. The van der Waals surface area contributed by atoms with Crippen LogP contribution in [0.5, 0.6) is 0 Å².